The second-order valence-electron chi connectivity index (χ2n) is 12.4. The molecule has 5 rings (SSSR count). The lowest BCUT2D eigenvalue weighted by Gasteiger charge is -2.37. The number of aromatic nitrogens is 3. The van der Waals surface area contributed by atoms with E-state index in [-0.39, 0.29) is 24.7 Å². The zero-order chi connectivity index (χ0) is 32.8. The number of anilines is 2. The van der Waals surface area contributed by atoms with Crippen molar-refractivity contribution in [3.63, 3.8) is 0 Å². The molecule has 0 unspecified atom stereocenters. The van der Waals surface area contributed by atoms with Crippen LogP contribution in [0.25, 0.3) is 0 Å². The minimum atomic E-state index is -3.45. The largest absolute Gasteiger partial charge is 0.396 e. The van der Waals surface area contributed by atoms with E-state index in [1.807, 2.05) is 0 Å². The molecule has 6 N–H and O–H groups in total. The fraction of sp³-hybridized carbons (Fsp3) is 0.586. The maximum absolute atomic E-state index is 16.1. The molecule has 0 aliphatic carbocycles. The number of carbonyl (C=O) groups is 2. The molecule has 246 valence electrons. The van der Waals surface area contributed by atoms with E-state index < -0.39 is 68.2 Å². The van der Waals surface area contributed by atoms with Crippen molar-refractivity contribution in [2.45, 2.75) is 87.4 Å². The third-order valence-corrected chi connectivity index (χ3v) is 11.4. The topological polar surface area (TPSA) is 200 Å². The number of halogens is 1. The van der Waals surface area contributed by atoms with E-state index in [1.54, 1.807) is 49.1 Å². The third-order valence-electron chi connectivity index (χ3n) is 8.98. The smallest absolute Gasteiger partial charge is 0.264 e. The Balaban J connectivity index is 1.47. The van der Waals surface area contributed by atoms with E-state index >= 15 is 4.11 Å². The summed E-state index contributed by atoms with van der Waals surface area (Å²) in [6.45, 7) is 9.19. The van der Waals surface area contributed by atoms with Gasteiger partial charge in [-0.25, -0.2) is 0 Å². The SMILES string of the molecule is C=CCN1C(=O)[C@@]2(O[C@@H](CCn3cc(CCO)nn3)[C@H]([Si](C)(C)F)[C@H]2C)c2cc(NC(=O)[C@H]3O[C@@H](O)[C@H](O)[C@@H](O)[C@@H]3O)ccc21. The average molecular weight is 650 g/mol. The van der Waals surface area contributed by atoms with Gasteiger partial charge in [-0.15, -0.1) is 11.7 Å². The second kappa shape index (κ2) is 12.6. The van der Waals surface area contributed by atoms with Crippen molar-refractivity contribution in [1.82, 2.24) is 15.0 Å². The molecule has 3 aliphatic rings. The van der Waals surface area contributed by atoms with Crippen LogP contribution in [-0.2, 0) is 37.6 Å². The number of amides is 2. The minimum Gasteiger partial charge on any atom is -0.396 e. The molecular formula is C29H40FN5O9Si. The number of aryl methyl sites for hydroxylation is 1. The van der Waals surface area contributed by atoms with Crippen LogP contribution >= 0.6 is 0 Å². The quantitative estimate of drug-likeness (QED) is 0.115. The first kappa shape index (κ1) is 33.3. The summed E-state index contributed by atoms with van der Waals surface area (Å²) < 4.78 is 29.4. The van der Waals surface area contributed by atoms with Gasteiger partial charge in [-0.2, -0.15) is 0 Å². The van der Waals surface area contributed by atoms with Crippen LogP contribution < -0.4 is 10.2 Å². The predicted molar refractivity (Wildman–Crippen MR) is 160 cm³/mol. The van der Waals surface area contributed by atoms with Gasteiger partial charge in [-0.3, -0.25) is 14.3 Å². The van der Waals surface area contributed by atoms with Crippen LogP contribution in [0.1, 0.15) is 24.6 Å². The van der Waals surface area contributed by atoms with Gasteiger partial charge in [0.2, 0.25) is 8.41 Å². The Morgan fingerprint density at radius 2 is 1.96 bits per heavy atom. The summed E-state index contributed by atoms with van der Waals surface area (Å²) in [7, 11) is -3.45. The summed E-state index contributed by atoms with van der Waals surface area (Å²) in [5.74, 6) is -1.89. The van der Waals surface area contributed by atoms with Gasteiger partial charge in [0.1, 0.15) is 18.3 Å². The second-order valence-corrected chi connectivity index (χ2v) is 16.1. The number of rotatable bonds is 10. The third kappa shape index (κ3) is 5.85. The molecule has 2 fully saturated rings. The summed E-state index contributed by atoms with van der Waals surface area (Å²) >= 11 is 0. The number of aliphatic hydroxyl groups is 5. The maximum atomic E-state index is 16.1. The van der Waals surface area contributed by atoms with Crippen molar-refractivity contribution in [1.29, 1.82) is 0 Å². The average Bonchev–Trinajstić information content (AvgIpc) is 3.63. The molecule has 2 aromatic rings. The zero-order valence-electron chi connectivity index (χ0n) is 25.3. The van der Waals surface area contributed by atoms with Crippen molar-refractivity contribution in [2.75, 3.05) is 23.4 Å². The predicted octanol–water partition coefficient (Wildman–Crippen LogP) is -0.0508. The van der Waals surface area contributed by atoms with E-state index in [1.165, 1.54) is 11.0 Å². The molecule has 0 saturated carbocycles. The Morgan fingerprint density at radius 1 is 1.22 bits per heavy atom. The standard InChI is InChI=1S/C29H40FN5O9Si/c1-5-10-35-19-7-6-16(31-26(40)24-22(38)21(37)23(39)27(41)43-24)13-18(19)29(28(35)42)15(2)25(45(3,4)30)20(44-29)8-11-34-14-17(9-12-36)32-33-34/h5-7,13-15,20-25,27,36-39,41H,1,8-12H2,2-4H3,(H,31,40)/t15-,20+,21+,22+,23-,24+,25-,27-,29+/m1/s1. The van der Waals surface area contributed by atoms with Gasteiger partial charge in [0, 0.05) is 55.0 Å². The molecule has 1 aromatic heterocycles. The van der Waals surface area contributed by atoms with Crippen LogP contribution in [0.3, 0.4) is 0 Å². The Labute approximate surface area is 260 Å². The highest BCUT2D eigenvalue weighted by molar-refractivity contribution is 6.72. The summed E-state index contributed by atoms with van der Waals surface area (Å²) in [4.78, 5) is 28.9. The molecule has 2 amide bonds. The monoisotopic (exact) mass is 649 g/mol. The number of carbonyl (C=O) groups excluding carboxylic acids is 2. The van der Waals surface area contributed by atoms with Crippen molar-refractivity contribution < 1.29 is 48.7 Å². The van der Waals surface area contributed by atoms with Gasteiger partial charge in [0.05, 0.1) is 17.5 Å². The summed E-state index contributed by atoms with van der Waals surface area (Å²) in [5.41, 5.74) is -0.410. The summed E-state index contributed by atoms with van der Waals surface area (Å²) in [5, 5.41) is 59.9. The molecule has 16 heteroatoms. The fourth-order valence-corrected chi connectivity index (χ4v) is 9.48. The molecule has 0 radical (unpaired) electrons. The van der Waals surface area contributed by atoms with Crippen LogP contribution in [0.2, 0.25) is 18.6 Å². The molecule has 0 bridgehead atoms. The first-order valence-electron chi connectivity index (χ1n) is 14.9. The Hall–Kier alpha value is -3.09. The summed E-state index contributed by atoms with van der Waals surface area (Å²) in [6.07, 6.45) is -5.75. The minimum absolute atomic E-state index is 0.0688. The Bertz CT molecular complexity index is 1440. The van der Waals surface area contributed by atoms with Crippen molar-refractivity contribution >= 4 is 31.6 Å². The van der Waals surface area contributed by atoms with E-state index in [2.05, 4.69) is 22.2 Å². The number of hydrogen-bond donors (Lipinski definition) is 6. The first-order chi connectivity index (χ1) is 21.2. The molecule has 3 aliphatic heterocycles. The zero-order valence-corrected chi connectivity index (χ0v) is 26.3. The van der Waals surface area contributed by atoms with Crippen LogP contribution in [-0.4, -0.2) is 111 Å². The number of aliphatic hydroxyl groups excluding tert-OH is 5. The number of fused-ring (bicyclic) bond motifs is 2. The number of nitrogens with zero attached hydrogens (tertiary/aromatic N) is 4. The first-order valence-corrected chi connectivity index (χ1v) is 17.8. The van der Waals surface area contributed by atoms with Crippen LogP contribution in [0.4, 0.5) is 15.5 Å². The van der Waals surface area contributed by atoms with E-state index in [9.17, 15) is 35.1 Å². The van der Waals surface area contributed by atoms with Crippen LogP contribution in [0.15, 0.2) is 37.1 Å². The van der Waals surface area contributed by atoms with Crippen LogP contribution in [0, 0.1) is 5.92 Å². The Morgan fingerprint density at radius 3 is 2.62 bits per heavy atom. The van der Waals surface area contributed by atoms with Crippen LogP contribution in [0.5, 0.6) is 0 Å². The van der Waals surface area contributed by atoms with Gasteiger partial charge in [0.15, 0.2) is 18.0 Å². The van der Waals surface area contributed by atoms with E-state index in [0.717, 1.165) is 0 Å². The van der Waals surface area contributed by atoms with Crippen molar-refractivity contribution in [3.05, 3.63) is 48.3 Å². The lowest BCUT2D eigenvalue weighted by atomic mass is 9.82. The van der Waals surface area contributed by atoms with E-state index in [0.29, 0.717) is 36.3 Å². The molecule has 1 aromatic carbocycles. The van der Waals surface area contributed by atoms with Gasteiger partial charge in [0.25, 0.3) is 11.8 Å². The highest BCUT2D eigenvalue weighted by atomic mass is 28.4. The highest BCUT2D eigenvalue weighted by Crippen LogP contribution is 2.60. The highest BCUT2D eigenvalue weighted by Gasteiger charge is 2.66. The van der Waals surface area contributed by atoms with Gasteiger partial charge in [-0.05, 0) is 37.7 Å². The molecule has 1 spiro atoms. The van der Waals surface area contributed by atoms with Gasteiger partial charge >= 0.3 is 0 Å². The van der Waals surface area contributed by atoms with Crippen molar-refractivity contribution in [2.24, 2.45) is 5.92 Å². The van der Waals surface area contributed by atoms with Gasteiger partial charge in [-0.1, -0.05) is 18.2 Å². The van der Waals surface area contributed by atoms with Gasteiger partial charge < -0.3 is 49.3 Å². The molecule has 4 heterocycles. The van der Waals surface area contributed by atoms with E-state index in [4.69, 9.17) is 9.47 Å². The summed E-state index contributed by atoms with van der Waals surface area (Å²) in [6, 6.07) is 4.72. The number of nitrogens with one attached hydrogen (secondary N) is 1. The molecule has 45 heavy (non-hydrogen) atoms. The maximum Gasteiger partial charge on any atom is 0.264 e. The lowest BCUT2D eigenvalue weighted by Crippen LogP contribution is -2.60. The molecule has 2 saturated heterocycles. The number of ether oxygens (including phenoxy) is 2. The molecule has 14 nitrogen and oxygen atoms in total. The normalized spacial score (nSPS) is 33.1. The number of benzene rings is 1. The lowest BCUT2D eigenvalue weighted by molar-refractivity contribution is -0.274. The van der Waals surface area contributed by atoms with Crippen molar-refractivity contribution in [3.8, 4) is 0 Å². The number of hydrogen-bond acceptors (Lipinski definition) is 11. The Kier molecular flexibility index (Phi) is 9.32. The molecule has 9 atom stereocenters. The molecular weight excluding hydrogens is 609 g/mol. The fourth-order valence-electron chi connectivity index (χ4n) is 6.93.